The lowest BCUT2D eigenvalue weighted by Gasteiger charge is -2.08. The topological polar surface area (TPSA) is 53.5 Å². The molecule has 0 saturated carbocycles. The van der Waals surface area contributed by atoms with Crippen LogP contribution in [0.1, 0.15) is 5.56 Å². The first-order valence-corrected chi connectivity index (χ1v) is 10.2. The number of carbonyl (C=O) groups excluding carboxylic acids is 1. The lowest BCUT2D eigenvalue weighted by atomic mass is 9.97. The number of nitrogens with zero attached hydrogens (tertiary/aromatic N) is 1. The second kappa shape index (κ2) is 8.28. The van der Waals surface area contributed by atoms with Crippen LogP contribution in [0.15, 0.2) is 102 Å². The standard InChI is InChI=1S/C27H21N3O/c31-27(18-28-23-14-13-19-7-1-2-8-20(19)16-23)30-29-17-26-24-11-5-3-9-21(24)15-22-10-4-6-12-25(22)26/h1-17,28H,18H2,(H,30,31)/b29-17-. The molecule has 0 saturated heterocycles. The number of nitrogens with one attached hydrogen (secondary N) is 2. The Morgan fingerprint density at radius 2 is 1.32 bits per heavy atom. The van der Waals surface area contributed by atoms with E-state index in [-0.39, 0.29) is 12.5 Å². The Kier molecular flexibility index (Phi) is 5.03. The summed E-state index contributed by atoms with van der Waals surface area (Å²) in [4.78, 5) is 12.3. The maximum atomic E-state index is 12.3. The molecule has 2 N–H and O–H groups in total. The van der Waals surface area contributed by atoms with Gasteiger partial charge in [-0.2, -0.15) is 5.10 Å². The molecule has 5 rings (SSSR count). The highest BCUT2D eigenvalue weighted by atomic mass is 16.2. The molecule has 0 aliphatic carbocycles. The molecule has 0 fully saturated rings. The molecule has 4 nitrogen and oxygen atoms in total. The van der Waals surface area contributed by atoms with Gasteiger partial charge in [-0.25, -0.2) is 5.43 Å². The van der Waals surface area contributed by atoms with Gasteiger partial charge in [-0.3, -0.25) is 4.79 Å². The monoisotopic (exact) mass is 403 g/mol. The highest BCUT2D eigenvalue weighted by Crippen LogP contribution is 2.27. The Morgan fingerprint density at radius 1 is 0.710 bits per heavy atom. The maximum Gasteiger partial charge on any atom is 0.259 e. The number of rotatable bonds is 5. The molecule has 1 amide bonds. The molecule has 5 aromatic rings. The first-order chi connectivity index (χ1) is 15.3. The zero-order valence-corrected chi connectivity index (χ0v) is 16.9. The van der Waals surface area contributed by atoms with Crippen molar-refractivity contribution in [3.05, 3.63) is 103 Å². The van der Waals surface area contributed by atoms with Crippen molar-refractivity contribution in [2.24, 2.45) is 5.10 Å². The van der Waals surface area contributed by atoms with Crippen molar-refractivity contribution < 1.29 is 4.79 Å². The number of carbonyl (C=O) groups is 1. The van der Waals surface area contributed by atoms with E-state index >= 15 is 0 Å². The Bertz CT molecular complexity index is 1380. The highest BCUT2D eigenvalue weighted by Gasteiger charge is 2.06. The average Bonchev–Trinajstić information content (AvgIpc) is 2.82. The summed E-state index contributed by atoms with van der Waals surface area (Å²) >= 11 is 0. The van der Waals surface area contributed by atoms with Crippen LogP contribution in [0.4, 0.5) is 5.69 Å². The number of amides is 1. The maximum absolute atomic E-state index is 12.3. The number of hydrogen-bond acceptors (Lipinski definition) is 3. The molecular weight excluding hydrogens is 382 g/mol. The van der Waals surface area contributed by atoms with Gasteiger partial charge in [0.15, 0.2) is 0 Å². The first kappa shape index (κ1) is 18.8. The van der Waals surface area contributed by atoms with Crippen molar-refractivity contribution in [1.29, 1.82) is 0 Å². The van der Waals surface area contributed by atoms with Crippen LogP contribution in [0.2, 0.25) is 0 Å². The number of fused-ring (bicyclic) bond motifs is 3. The Hall–Kier alpha value is -4.18. The third-order valence-electron chi connectivity index (χ3n) is 5.40. The zero-order valence-electron chi connectivity index (χ0n) is 16.9. The Labute approximate surface area is 180 Å². The molecule has 0 heterocycles. The quantitative estimate of drug-likeness (QED) is 0.224. The van der Waals surface area contributed by atoms with Crippen LogP contribution < -0.4 is 10.7 Å². The van der Waals surface area contributed by atoms with Gasteiger partial charge in [0.2, 0.25) is 0 Å². The average molecular weight is 403 g/mol. The molecule has 0 unspecified atom stereocenters. The third-order valence-corrected chi connectivity index (χ3v) is 5.40. The van der Waals surface area contributed by atoms with Gasteiger partial charge in [-0.15, -0.1) is 0 Å². The normalized spacial score (nSPS) is 11.4. The summed E-state index contributed by atoms with van der Waals surface area (Å²) in [6.45, 7) is 0.145. The Morgan fingerprint density at radius 3 is 2.03 bits per heavy atom. The molecule has 5 aromatic carbocycles. The number of anilines is 1. The molecule has 0 spiro atoms. The van der Waals surface area contributed by atoms with E-state index in [9.17, 15) is 4.79 Å². The largest absolute Gasteiger partial charge is 0.376 e. The zero-order chi connectivity index (χ0) is 21.0. The van der Waals surface area contributed by atoms with E-state index in [2.05, 4.69) is 58.3 Å². The van der Waals surface area contributed by atoms with E-state index in [1.807, 2.05) is 54.6 Å². The summed E-state index contributed by atoms with van der Waals surface area (Å²) in [5.74, 6) is -0.200. The SMILES string of the molecule is O=C(CNc1ccc2ccccc2c1)N/N=C\c1c2ccccc2cc2ccccc12. The summed E-state index contributed by atoms with van der Waals surface area (Å²) in [6.07, 6.45) is 1.73. The van der Waals surface area contributed by atoms with E-state index in [1.54, 1.807) is 6.21 Å². The van der Waals surface area contributed by atoms with Crippen LogP contribution >= 0.6 is 0 Å². The van der Waals surface area contributed by atoms with Gasteiger partial charge in [0.25, 0.3) is 5.91 Å². The summed E-state index contributed by atoms with van der Waals surface area (Å²) in [7, 11) is 0. The highest BCUT2D eigenvalue weighted by molar-refractivity contribution is 6.13. The molecule has 0 aromatic heterocycles. The van der Waals surface area contributed by atoms with Crippen molar-refractivity contribution in [2.75, 3.05) is 11.9 Å². The van der Waals surface area contributed by atoms with Crippen LogP contribution in [-0.2, 0) is 4.79 Å². The van der Waals surface area contributed by atoms with Gasteiger partial charge >= 0.3 is 0 Å². The predicted octanol–water partition coefficient (Wildman–Crippen LogP) is 5.71. The fourth-order valence-electron chi connectivity index (χ4n) is 3.88. The van der Waals surface area contributed by atoms with E-state index in [0.717, 1.165) is 38.2 Å². The number of hydrogen-bond donors (Lipinski definition) is 2. The third kappa shape index (κ3) is 3.96. The number of hydrazone groups is 1. The second-order valence-electron chi connectivity index (χ2n) is 7.44. The van der Waals surface area contributed by atoms with Crippen LogP contribution in [0.25, 0.3) is 32.3 Å². The lowest BCUT2D eigenvalue weighted by molar-refractivity contribution is -0.119. The molecule has 0 aliphatic heterocycles. The van der Waals surface area contributed by atoms with Crippen molar-refractivity contribution in [3.63, 3.8) is 0 Å². The minimum Gasteiger partial charge on any atom is -0.376 e. The molecule has 31 heavy (non-hydrogen) atoms. The molecule has 4 heteroatoms. The fourth-order valence-corrected chi connectivity index (χ4v) is 3.88. The molecule has 0 radical (unpaired) electrons. The van der Waals surface area contributed by atoms with Gasteiger partial charge in [0.1, 0.15) is 0 Å². The van der Waals surface area contributed by atoms with Gasteiger partial charge < -0.3 is 5.32 Å². The number of benzene rings is 5. The minimum atomic E-state index is -0.200. The van der Waals surface area contributed by atoms with E-state index in [0.29, 0.717) is 0 Å². The summed E-state index contributed by atoms with van der Waals surface area (Å²) < 4.78 is 0. The summed E-state index contributed by atoms with van der Waals surface area (Å²) in [5.41, 5.74) is 4.53. The van der Waals surface area contributed by atoms with Crippen molar-refractivity contribution in [2.45, 2.75) is 0 Å². The van der Waals surface area contributed by atoms with E-state index < -0.39 is 0 Å². The van der Waals surface area contributed by atoms with Crippen LogP contribution in [0.3, 0.4) is 0 Å². The second-order valence-corrected chi connectivity index (χ2v) is 7.44. The van der Waals surface area contributed by atoms with Crippen molar-refractivity contribution in [3.8, 4) is 0 Å². The summed E-state index contributed by atoms with van der Waals surface area (Å²) in [5, 5.41) is 14.2. The minimum absolute atomic E-state index is 0.145. The first-order valence-electron chi connectivity index (χ1n) is 10.2. The molecule has 150 valence electrons. The predicted molar refractivity (Wildman–Crippen MR) is 130 cm³/mol. The van der Waals surface area contributed by atoms with E-state index in [4.69, 9.17) is 0 Å². The lowest BCUT2D eigenvalue weighted by Crippen LogP contribution is -2.25. The summed E-state index contributed by atoms with van der Waals surface area (Å²) in [6, 6.07) is 32.8. The van der Waals surface area contributed by atoms with E-state index in [1.165, 1.54) is 5.39 Å². The smallest absolute Gasteiger partial charge is 0.259 e. The van der Waals surface area contributed by atoms with Gasteiger partial charge in [0, 0.05) is 11.3 Å². The van der Waals surface area contributed by atoms with Crippen molar-refractivity contribution in [1.82, 2.24) is 5.43 Å². The van der Waals surface area contributed by atoms with Crippen LogP contribution in [0.5, 0.6) is 0 Å². The van der Waals surface area contributed by atoms with Crippen LogP contribution in [-0.4, -0.2) is 18.7 Å². The molecule has 0 aliphatic rings. The van der Waals surface area contributed by atoms with Crippen LogP contribution in [0, 0.1) is 0 Å². The fraction of sp³-hybridized carbons (Fsp3) is 0.0370. The molecular formula is C27H21N3O. The van der Waals surface area contributed by atoms with Gasteiger partial charge in [-0.1, -0.05) is 78.9 Å². The van der Waals surface area contributed by atoms with Crippen molar-refractivity contribution >= 4 is 50.1 Å². The Balaban J connectivity index is 1.31. The molecule has 0 bridgehead atoms. The molecule has 0 atom stereocenters. The van der Waals surface area contributed by atoms with Gasteiger partial charge in [-0.05, 0) is 50.5 Å². The van der Waals surface area contributed by atoms with Gasteiger partial charge in [0.05, 0.1) is 12.8 Å².